The van der Waals surface area contributed by atoms with Gasteiger partial charge in [-0.05, 0) is 19.8 Å². The molecule has 0 N–H and O–H groups in total. The van der Waals surface area contributed by atoms with Crippen LogP contribution in [0.3, 0.4) is 0 Å². The first kappa shape index (κ1) is 12.7. The van der Waals surface area contributed by atoms with Crippen molar-refractivity contribution in [2.24, 2.45) is 5.41 Å². The Morgan fingerprint density at radius 1 is 1.44 bits per heavy atom. The summed E-state index contributed by atoms with van der Waals surface area (Å²) in [6, 6.07) is 0. The molecule has 0 heterocycles. The molecule has 1 atom stereocenters. The molecule has 1 rings (SSSR count). The molecule has 0 saturated heterocycles. The predicted octanol–water partition coefficient (Wildman–Crippen LogP) is 0.852. The predicted molar refractivity (Wildman–Crippen MR) is 54.6 cm³/mol. The molecule has 0 amide bonds. The number of esters is 2. The fraction of sp³-hybridized carbons (Fsp3) is 0.727. The van der Waals surface area contributed by atoms with E-state index in [1.807, 2.05) is 0 Å². The number of carbonyl (C=O) groups is 3. The summed E-state index contributed by atoms with van der Waals surface area (Å²) in [5.74, 6) is -1.36. The topological polar surface area (TPSA) is 69.7 Å². The molecule has 1 aliphatic carbocycles. The summed E-state index contributed by atoms with van der Waals surface area (Å²) in [7, 11) is 1.22. The number of rotatable bonds is 4. The van der Waals surface area contributed by atoms with Gasteiger partial charge in [0.05, 0.1) is 20.1 Å². The van der Waals surface area contributed by atoms with Crippen LogP contribution in [-0.2, 0) is 23.9 Å². The smallest absolute Gasteiger partial charge is 0.319 e. The van der Waals surface area contributed by atoms with E-state index in [1.54, 1.807) is 6.92 Å². The second-order valence-corrected chi connectivity index (χ2v) is 3.83. The molecule has 1 saturated carbocycles. The lowest BCUT2D eigenvalue weighted by molar-refractivity contribution is -0.163. The Balaban J connectivity index is 2.84. The van der Waals surface area contributed by atoms with E-state index < -0.39 is 17.4 Å². The molecular weight excluding hydrogens is 212 g/mol. The lowest BCUT2D eigenvalue weighted by Gasteiger charge is -2.22. The Hall–Kier alpha value is -1.39. The van der Waals surface area contributed by atoms with E-state index >= 15 is 0 Å². The number of ketones is 1. The second-order valence-electron chi connectivity index (χ2n) is 3.83. The molecule has 5 heteroatoms. The monoisotopic (exact) mass is 228 g/mol. The Bertz CT molecular complexity index is 309. The molecular formula is C11H16O5. The summed E-state index contributed by atoms with van der Waals surface area (Å²) in [6.45, 7) is 1.92. The largest absolute Gasteiger partial charge is 0.468 e. The first-order valence-electron chi connectivity index (χ1n) is 5.34. The van der Waals surface area contributed by atoms with Crippen molar-refractivity contribution in [3.63, 3.8) is 0 Å². The van der Waals surface area contributed by atoms with Crippen LogP contribution in [-0.4, -0.2) is 31.4 Å². The molecule has 1 aliphatic rings. The molecule has 16 heavy (non-hydrogen) atoms. The third-order valence-corrected chi connectivity index (χ3v) is 2.87. The average Bonchev–Trinajstić information content (AvgIpc) is 2.60. The molecule has 0 radical (unpaired) electrons. The minimum absolute atomic E-state index is 0.202. The van der Waals surface area contributed by atoms with Gasteiger partial charge in [-0.15, -0.1) is 0 Å². The van der Waals surface area contributed by atoms with E-state index in [0.29, 0.717) is 19.3 Å². The van der Waals surface area contributed by atoms with Crippen molar-refractivity contribution in [1.82, 2.24) is 0 Å². The second kappa shape index (κ2) is 5.09. The average molecular weight is 228 g/mol. The Morgan fingerprint density at radius 2 is 2.12 bits per heavy atom. The Morgan fingerprint density at radius 3 is 2.56 bits per heavy atom. The van der Waals surface area contributed by atoms with Crippen LogP contribution in [0.1, 0.15) is 32.6 Å². The fourth-order valence-electron chi connectivity index (χ4n) is 2.06. The van der Waals surface area contributed by atoms with Gasteiger partial charge in [0.1, 0.15) is 5.41 Å². The Kier molecular flexibility index (Phi) is 4.04. The zero-order valence-corrected chi connectivity index (χ0v) is 9.58. The van der Waals surface area contributed by atoms with Gasteiger partial charge in [0.15, 0.2) is 5.78 Å². The third-order valence-electron chi connectivity index (χ3n) is 2.87. The summed E-state index contributed by atoms with van der Waals surface area (Å²) in [6.07, 6.45) is 1.12. The van der Waals surface area contributed by atoms with Gasteiger partial charge in [-0.1, -0.05) is 0 Å². The summed E-state index contributed by atoms with van der Waals surface area (Å²) < 4.78 is 9.39. The number of carbonyl (C=O) groups excluding carboxylic acids is 3. The molecule has 90 valence electrons. The van der Waals surface area contributed by atoms with Gasteiger partial charge in [0.25, 0.3) is 0 Å². The van der Waals surface area contributed by atoms with Gasteiger partial charge < -0.3 is 9.47 Å². The molecule has 0 spiro atoms. The first-order valence-corrected chi connectivity index (χ1v) is 5.34. The van der Waals surface area contributed by atoms with E-state index in [0.717, 1.165) is 0 Å². The maximum absolute atomic E-state index is 11.7. The lowest BCUT2D eigenvalue weighted by atomic mass is 9.82. The number of Topliss-reactive ketones (excluding diaryl/α,β-unsaturated/α-hetero) is 1. The standard InChI is InChI=1S/C11H16O5/c1-3-16-9(13)7-11(10(14)15-2)6-4-5-8(11)12/h3-7H2,1-2H3/t11-/m1/s1. The molecule has 1 fully saturated rings. The maximum Gasteiger partial charge on any atom is 0.319 e. The van der Waals surface area contributed by atoms with E-state index in [1.165, 1.54) is 7.11 Å². The van der Waals surface area contributed by atoms with Crippen LogP contribution in [0, 0.1) is 5.41 Å². The zero-order chi connectivity index (χ0) is 12.2. The molecule has 0 bridgehead atoms. The third kappa shape index (κ3) is 2.23. The normalized spacial score (nSPS) is 24.2. The molecule has 0 unspecified atom stereocenters. The maximum atomic E-state index is 11.7. The van der Waals surface area contributed by atoms with Crippen LogP contribution in [0.2, 0.25) is 0 Å². The summed E-state index contributed by atoms with van der Waals surface area (Å²) in [5.41, 5.74) is -1.29. The van der Waals surface area contributed by atoms with Crippen molar-refractivity contribution in [3.05, 3.63) is 0 Å². The van der Waals surface area contributed by atoms with E-state index in [-0.39, 0.29) is 18.8 Å². The minimum atomic E-state index is -1.29. The molecule has 0 aromatic carbocycles. The van der Waals surface area contributed by atoms with Crippen molar-refractivity contribution >= 4 is 17.7 Å². The highest BCUT2D eigenvalue weighted by Crippen LogP contribution is 2.39. The zero-order valence-electron chi connectivity index (χ0n) is 9.58. The van der Waals surface area contributed by atoms with Crippen molar-refractivity contribution in [1.29, 1.82) is 0 Å². The highest BCUT2D eigenvalue weighted by Gasteiger charge is 2.51. The summed E-state index contributed by atoms with van der Waals surface area (Å²) in [5, 5.41) is 0. The summed E-state index contributed by atoms with van der Waals surface area (Å²) >= 11 is 0. The fourth-order valence-corrected chi connectivity index (χ4v) is 2.06. The molecule has 5 nitrogen and oxygen atoms in total. The van der Waals surface area contributed by atoms with Crippen molar-refractivity contribution < 1.29 is 23.9 Å². The number of ether oxygens (including phenoxy) is 2. The lowest BCUT2D eigenvalue weighted by Crippen LogP contribution is -2.38. The van der Waals surface area contributed by atoms with Gasteiger partial charge in [0, 0.05) is 6.42 Å². The van der Waals surface area contributed by atoms with Crippen LogP contribution in [0.15, 0.2) is 0 Å². The Labute approximate surface area is 94.1 Å². The van der Waals surface area contributed by atoms with Crippen molar-refractivity contribution in [3.8, 4) is 0 Å². The summed E-state index contributed by atoms with van der Waals surface area (Å²) in [4.78, 5) is 34.8. The van der Waals surface area contributed by atoms with Gasteiger partial charge in [-0.25, -0.2) is 0 Å². The van der Waals surface area contributed by atoms with Gasteiger partial charge in [-0.2, -0.15) is 0 Å². The van der Waals surface area contributed by atoms with E-state index in [2.05, 4.69) is 4.74 Å². The number of hydrogen-bond donors (Lipinski definition) is 0. The highest BCUT2D eigenvalue weighted by molar-refractivity contribution is 6.07. The van der Waals surface area contributed by atoms with Crippen LogP contribution in [0.25, 0.3) is 0 Å². The van der Waals surface area contributed by atoms with Gasteiger partial charge in [-0.3, -0.25) is 14.4 Å². The quantitative estimate of drug-likeness (QED) is 0.527. The SMILES string of the molecule is CCOC(=O)C[C@]1(C(=O)OC)CCCC1=O. The number of methoxy groups -OCH3 is 1. The van der Waals surface area contributed by atoms with E-state index in [4.69, 9.17) is 4.74 Å². The van der Waals surface area contributed by atoms with E-state index in [9.17, 15) is 14.4 Å². The van der Waals surface area contributed by atoms with Gasteiger partial charge >= 0.3 is 11.9 Å². The molecule has 0 aliphatic heterocycles. The van der Waals surface area contributed by atoms with Gasteiger partial charge in [0.2, 0.25) is 0 Å². The highest BCUT2D eigenvalue weighted by atomic mass is 16.5. The van der Waals surface area contributed by atoms with Crippen molar-refractivity contribution in [2.45, 2.75) is 32.6 Å². The molecule has 0 aromatic heterocycles. The van der Waals surface area contributed by atoms with Crippen LogP contribution < -0.4 is 0 Å². The number of hydrogen-bond acceptors (Lipinski definition) is 5. The van der Waals surface area contributed by atoms with Crippen molar-refractivity contribution in [2.75, 3.05) is 13.7 Å². The van der Waals surface area contributed by atoms with Crippen LogP contribution in [0.5, 0.6) is 0 Å². The first-order chi connectivity index (χ1) is 7.56. The van der Waals surface area contributed by atoms with Crippen LogP contribution in [0.4, 0.5) is 0 Å². The molecule has 0 aromatic rings. The minimum Gasteiger partial charge on any atom is -0.468 e. The van der Waals surface area contributed by atoms with Crippen LogP contribution >= 0.6 is 0 Å².